The molecule has 1 amide bonds. The number of amides is 1. The lowest BCUT2D eigenvalue weighted by atomic mass is 10.1. The number of rotatable bonds is 7. The van der Waals surface area contributed by atoms with E-state index in [1.807, 2.05) is 79.7 Å². The maximum atomic E-state index is 12.7. The van der Waals surface area contributed by atoms with Gasteiger partial charge >= 0.3 is 0 Å². The highest BCUT2D eigenvalue weighted by molar-refractivity contribution is 6.08. The Labute approximate surface area is 159 Å². The van der Waals surface area contributed by atoms with Crippen molar-refractivity contribution in [2.24, 2.45) is 0 Å². The van der Waals surface area contributed by atoms with Gasteiger partial charge in [-0.1, -0.05) is 36.9 Å². The maximum Gasteiger partial charge on any atom is 0.257 e. The average molecular weight is 358 g/mol. The topological polar surface area (TPSA) is 50.4 Å². The van der Waals surface area contributed by atoms with Gasteiger partial charge in [-0.25, -0.2) is 0 Å². The largest absolute Gasteiger partial charge is 0.489 e. The predicted molar refractivity (Wildman–Crippen MR) is 111 cm³/mol. The van der Waals surface area contributed by atoms with E-state index in [9.17, 15) is 4.79 Å². The lowest BCUT2D eigenvalue weighted by Crippen LogP contribution is -2.13. The highest BCUT2D eigenvalue weighted by Gasteiger charge is 2.11. The molecule has 0 fully saturated rings. The smallest absolute Gasteiger partial charge is 0.257 e. The van der Waals surface area contributed by atoms with E-state index in [0.29, 0.717) is 17.9 Å². The first-order valence-corrected chi connectivity index (χ1v) is 8.71. The van der Waals surface area contributed by atoms with E-state index in [1.54, 1.807) is 6.07 Å². The SMILES string of the molecule is C=C(C)COc1ccc(NC(=O)c2ccccc2Nc2ccccc2)cc1. The molecule has 0 bridgehead atoms. The van der Waals surface area contributed by atoms with E-state index < -0.39 is 0 Å². The van der Waals surface area contributed by atoms with Gasteiger partial charge in [0.1, 0.15) is 12.4 Å². The van der Waals surface area contributed by atoms with Gasteiger partial charge in [-0.3, -0.25) is 4.79 Å². The van der Waals surface area contributed by atoms with Crippen LogP contribution in [0.1, 0.15) is 17.3 Å². The van der Waals surface area contributed by atoms with Crippen molar-refractivity contribution < 1.29 is 9.53 Å². The van der Waals surface area contributed by atoms with Gasteiger partial charge in [0.25, 0.3) is 5.91 Å². The van der Waals surface area contributed by atoms with Crippen LogP contribution < -0.4 is 15.4 Å². The molecule has 0 spiro atoms. The number of carbonyl (C=O) groups is 1. The molecule has 136 valence electrons. The van der Waals surface area contributed by atoms with Crippen LogP contribution in [0, 0.1) is 0 Å². The lowest BCUT2D eigenvalue weighted by Gasteiger charge is -2.13. The molecule has 3 aromatic carbocycles. The zero-order valence-electron chi connectivity index (χ0n) is 15.2. The second kappa shape index (κ2) is 8.72. The molecule has 0 aromatic heterocycles. The molecule has 0 aliphatic carbocycles. The molecule has 3 rings (SSSR count). The second-order valence-corrected chi connectivity index (χ2v) is 6.26. The third-order valence-corrected chi connectivity index (χ3v) is 3.82. The van der Waals surface area contributed by atoms with E-state index in [-0.39, 0.29) is 5.91 Å². The summed E-state index contributed by atoms with van der Waals surface area (Å²) in [6.07, 6.45) is 0. The number of nitrogens with one attached hydrogen (secondary N) is 2. The quantitative estimate of drug-likeness (QED) is 0.538. The lowest BCUT2D eigenvalue weighted by molar-refractivity contribution is 0.102. The summed E-state index contributed by atoms with van der Waals surface area (Å²) in [5.74, 6) is 0.562. The maximum absolute atomic E-state index is 12.7. The molecule has 4 heteroatoms. The standard InChI is InChI=1S/C23H22N2O2/c1-17(2)16-27-20-14-12-19(13-15-20)25-23(26)21-10-6-7-11-22(21)24-18-8-4-3-5-9-18/h3-15,24H,1,16H2,2H3,(H,25,26). The van der Waals surface area contributed by atoms with Gasteiger partial charge in [-0.2, -0.15) is 0 Å². The fraction of sp³-hybridized carbons (Fsp3) is 0.0870. The number of hydrogen-bond donors (Lipinski definition) is 2. The number of para-hydroxylation sites is 2. The molecule has 4 nitrogen and oxygen atoms in total. The van der Waals surface area contributed by atoms with Gasteiger partial charge in [0.15, 0.2) is 0 Å². The van der Waals surface area contributed by atoms with Gasteiger partial charge < -0.3 is 15.4 Å². The number of hydrogen-bond acceptors (Lipinski definition) is 3. The Kier molecular flexibility index (Phi) is 5.90. The first kappa shape index (κ1) is 18.3. The highest BCUT2D eigenvalue weighted by atomic mass is 16.5. The summed E-state index contributed by atoms with van der Waals surface area (Å²) in [5, 5.41) is 6.21. The van der Waals surface area contributed by atoms with Crippen LogP contribution in [0.2, 0.25) is 0 Å². The minimum absolute atomic E-state index is 0.176. The summed E-state index contributed by atoms with van der Waals surface area (Å²) in [4.78, 5) is 12.7. The summed E-state index contributed by atoms with van der Waals surface area (Å²) in [6, 6.07) is 24.5. The Morgan fingerprint density at radius 2 is 1.56 bits per heavy atom. The molecular formula is C23H22N2O2. The monoisotopic (exact) mass is 358 g/mol. The average Bonchev–Trinajstić information content (AvgIpc) is 2.68. The van der Waals surface area contributed by atoms with Gasteiger partial charge in [0.2, 0.25) is 0 Å². The van der Waals surface area contributed by atoms with E-state index >= 15 is 0 Å². The molecular weight excluding hydrogens is 336 g/mol. The second-order valence-electron chi connectivity index (χ2n) is 6.26. The molecule has 0 aliphatic heterocycles. The summed E-state index contributed by atoms with van der Waals surface area (Å²) in [5.41, 5.74) is 3.91. The zero-order chi connectivity index (χ0) is 19.1. The number of carbonyl (C=O) groups excluding carboxylic acids is 1. The molecule has 0 saturated carbocycles. The molecule has 0 saturated heterocycles. The normalized spacial score (nSPS) is 10.1. The van der Waals surface area contributed by atoms with Crippen LogP contribution in [0.5, 0.6) is 5.75 Å². The molecule has 0 unspecified atom stereocenters. The molecule has 0 heterocycles. The fourth-order valence-corrected chi connectivity index (χ4v) is 2.51. The van der Waals surface area contributed by atoms with Gasteiger partial charge in [0, 0.05) is 11.4 Å². The highest BCUT2D eigenvalue weighted by Crippen LogP contribution is 2.23. The Bertz CT molecular complexity index is 919. The van der Waals surface area contributed by atoms with Crippen molar-refractivity contribution in [3.05, 3.63) is 96.6 Å². The van der Waals surface area contributed by atoms with Crippen molar-refractivity contribution in [3.63, 3.8) is 0 Å². The summed E-state index contributed by atoms with van der Waals surface area (Å²) >= 11 is 0. The van der Waals surface area contributed by atoms with Crippen molar-refractivity contribution in [1.82, 2.24) is 0 Å². The summed E-state index contributed by atoms with van der Waals surface area (Å²) in [6.45, 7) is 6.20. The molecule has 2 N–H and O–H groups in total. The molecule has 0 aliphatic rings. The Balaban J connectivity index is 1.70. The van der Waals surface area contributed by atoms with Crippen molar-refractivity contribution in [2.75, 3.05) is 17.2 Å². The molecule has 3 aromatic rings. The van der Waals surface area contributed by atoms with Crippen molar-refractivity contribution >= 4 is 23.0 Å². The summed E-state index contributed by atoms with van der Waals surface area (Å²) in [7, 11) is 0. The van der Waals surface area contributed by atoms with E-state index in [0.717, 1.165) is 22.7 Å². The van der Waals surface area contributed by atoms with Crippen LogP contribution in [0.15, 0.2) is 91.0 Å². The minimum atomic E-state index is -0.176. The van der Waals surface area contributed by atoms with Crippen molar-refractivity contribution in [3.8, 4) is 5.75 Å². The molecule has 0 radical (unpaired) electrons. The Morgan fingerprint density at radius 3 is 2.26 bits per heavy atom. The van der Waals surface area contributed by atoms with Crippen LogP contribution >= 0.6 is 0 Å². The van der Waals surface area contributed by atoms with Crippen LogP contribution in [-0.2, 0) is 0 Å². The molecule has 27 heavy (non-hydrogen) atoms. The minimum Gasteiger partial charge on any atom is -0.489 e. The van der Waals surface area contributed by atoms with Crippen LogP contribution in [0.3, 0.4) is 0 Å². The number of benzene rings is 3. The van der Waals surface area contributed by atoms with Crippen molar-refractivity contribution in [1.29, 1.82) is 0 Å². The third-order valence-electron chi connectivity index (χ3n) is 3.82. The Hall–Kier alpha value is -3.53. The van der Waals surface area contributed by atoms with E-state index in [4.69, 9.17) is 4.74 Å². The predicted octanol–water partition coefficient (Wildman–Crippen LogP) is 5.64. The van der Waals surface area contributed by atoms with Crippen LogP contribution in [-0.4, -0.2) is 12.5 Å². The number of anilines is 3. The first-order valence-electron chi connectivity index (χ1n) is 8.71. The third kappa shape index (κ3) is 5.22. The van der Waals surface area contributed by atoms with E-state index in [2.05, 4.69) is 17.2 Å². The van der Waals surface area contributed by atoms with Crippen LogP contribution in [0.25, 0.3) is 0 Å². The zero-order valence-corrected chi connectivity index (χ0v) is 15.2. The van der Waals surface area contributed by atoms with Crippen LogP contribution in [0.4, 0.5) is 17.1 Å². The fourth-order valence-electron chi connectivity index (χ4n) is 2.51. The Morgan fingerprint density at radius 1 is 0.889 bits per heavy atom. The summed E-state index contributed by atoms with van der Waals surface area (Å²) < 4.78 is 5.58. The van der Waals surface area contributed by atoms with E-state index in [1.165, 1.54) is 0 Å². The van der Waals surface area contributed by atoms with Gasteiger partial charge in [-0.15, -0.1) is 0 Å². The molecule has 0 atom stereocenters. The first-order chi connectivity index (χ1) is 13.1. The van der Waals surface area contributed by atoms with Gasteiger partial charge in [0.05, 0.1) is 11.3 Å². The number of ether oxygens (including phenoxy) is 1. The van der Waals surface area contributed by atoms with Gasteiger partial charge in [-0.05, 0) is 61.0 Å². The van der Waals surface area contributed by atoms with Crippen molar-refractivity contribution in [2.45, 2.75) is 6.92 Å².